The van der Waals surface area contributed by atoms with E-state index >= 15 is 0 Å². The van der Waals surface area contributed by atoms with Crippen molar-refractivity contribution < 1.29 is 14.3 Å². The molecule has 0 saturated heterocycles. The van der Waals surface area contributed by atoms with Crippen molar-refractivity contribution in [2.24, 2.45) is 0 Å². The van der Waals surface area contributed by atoms with Crippen LogP contribution < -0.4 is 4.74 Å². The van der Waals surface area contributed by atoms with Crippen molar-refractivity contribution in [1.29, 1.82) is 0 Å². The fourth-order valence-electron chi connectivity index (χ4n) is 3.18. The molecule has 0 radical (unpaired) electrons. The number of hydrogen-bond acceptors (Lipinski definition) is 4. The Morgan fingerprint density at radius 3 is 2.77 bits per heavy atom. The molecular weight excluding hydrogens is 328 g/mol. The maximum atomic E-state index is 12.2. The molecule has 0 unspecified atom stereocenters. The van der Waals surface area contributed by atoms with Crippen LogP contribution in [0.2, 0.25) is 0 Å². The molecule has 0 saturated carbocycles. The molecule has 26 heavy (non-hydrogen) atoms. The molecule has 0 N–H and O–H groups in total. The highest BCUT2D eigenvalue weighted by molar-refractivity contribution is 5.98. The molecule has 0 fully saturated rings. The van der Waals surface area contributed by atoms with Crippen LogP contribution in [-0.2, 0) is 4.74 Å². The van der Waals surface area contributed by atoms with Crippen molar-refractivity contribution in [1.82, 2.24) is 9.88 Å². The second-order valence-corrected chi connectivity index (χ2v) is 6.17. The molecule has 4 rings (SSSR count). The van der Waals surface area contributed by atoms with Gasteiger partial charge in [-0.3, -0.25) is 0 Å². The maximum Gasteiger partial charge on any atom is 0.415 e. The first-order chi connectivity index (χ1) is 12.7. The van der Waals surface area contributed by atoms with E-state index in [1.165, 1.54) is 0 Å². The van der Waals surface area contributed by atoms with Crippen molar-refractivity contribution in [3.63, 3.8) is 0 Å². The Hall–Kier alpha value is -3.08. The predicted octanol–water partition coefficient (Wildman–Crippen LogP) is 4.60. The van der Waals surface area contributed by atoms with Gasteiger partial charge in [-0.25, -0.2) is 9.78 Å². The van der Waals surface area contributed by atoms with E-state index in [0.29, 0.717) is 18.8 Å². The number of para-hydroxylation sites is 1. The second-order valence-electron chi connectivity index (χ2n) is 6.17. The van der Waals surface area contributed by atoms with Gasteiger partial charge in [-0.05, 0) is 44.2 Å². The summed E-state index contributed by atoms with van der Waals surface area (Å²) in [5, 5.41) is 2.12. The third-order valence-corrected chi connectivity index (χ3v) is 4.60. The van der Waals surface area contributed by atoms with Crippen LogP contribution in [0.4, 0.5) is 4.79 Å². The van der Waals surface area contributed by atoms with E-state index in [0.717, 1.165) is 33.1 Å². The van der Waals surface area contributed by atoms with Gasteiger partial charge >= 0.3 is 6.09 Å². The summed E-state index contributed by atoms with van der Waals surface area (Å²) in [6.07, 6.45) is 1.51. The van der Waals surface area contributed by atoms with Crippen LogP contribution in [0.25, 0.3) is 27.9 Å². The highest BCUT2D eigenvalue weighted by Gasteiger charge is 2.20. The van der Waals surface area contributed by atoms with Crippen LogP contribution in [0.3, 0.4) is 0 Å². The quantitative estimate of drug-likeness (QED) is 0.649. The Bertz CT molecular complexity index is 1020. The highest BCUT2D eigenvalue weighted by Crippen LogP contribution is 2.34. The van der Waals surface area contributed by atoms with Crippen LogP contribution >= 0.6 is 0 Å². The number of benzene rings is 2. The fourth-order valence-corrected chi connectivity index (χ4v) is 3.18. The van der Waals surface area contributed by atoms with Gasteiger partial charge in [-0.15, -0.1) is 0 Å². The first-order valence-corrected chi connectivity index (χ1v) is 8.82. The number of rotatable bonds is 3. The molecule has 1 aliphatic heterocycles. The lowest BCUT2D eigenvalue weighted by atomic mass is 10.0. The Morgan fingerprint density at radius 1 is 1.15 bits per heavy atom. The van der Waals surface area contributed by atoms with Gasteiger partial charge in [0, 0.05) is 29.4 Å². The number of carbonyl (C=O) groups excluding carboxylic acids is 1. The van der Waals surface area contributed by atoms with Gasteiger partial charge in [0.25, 0.3) is 0 Å². The van der Waals surface area contributed by atoms with Crippen LogP contribution in [-0.4, -0.2) is 35.7 Å². The molecule has 2 aromatic carbocycles. The van der Waals surface area contributed by atoms with E-state index in [9.17, 15) is 4.79 Å². The van der Waals surface area contributed by atoms with E-state index in [-0.39, 0.29) is 12.7 Å². The smallest absolute Gasteiger partial charge is 0.415 e. The van der Waals surface area contributed by atoms with Crippen molar-refractivity contribution in [2.75, 3.05) is 19.7 Å². The standard InChI is InChI=1S/C21H20N2O3/c1-3-23(4-2)21(24)26-16-12-17-19(25-13-16)10-9-15-11-14-7-5-6-8-18(14)22-20(15)17/h5-12H,3-4,13H2,1-2H3. The summed E-state index contributed by atoms with van der Waals surface area (Å²) in [4.78, 5) is 18.6. The molecule has 5 heteroatoms. The summed E-state index contributed by atoms with van der Waals surface area (Å²) in [6, 6.07) is 14.1. The predicted molar refractivity (Wildman–Crippen MR) is 102 cm³/mol. The average Bonchev–Trinajstić information content (AvgIpc) is 2.67. The molecule has 1 aliphatic rings. The van der Waals surface area contributed by atoms with E-state index in [4.69, 9.17) is 14.5 Å². The first kappa shape index (κ1) is 16.4. The lowest BCUT2D eigenvalue weighted by molar-refractivity contribution is 0.122. The second kappa shape index (κ2) is 6.67. The number of amides is 1. The molecule has 0 bridgehead atoms. The average molecular weight is 348 g/mol. The SMILES string of the molecule is CCN(CC)C(=O)OC1=Cc2c(ccc3cc4ccccc4nc23)OC1. The van der Waals surface area contributed by atoms with Gasteiger partial charge in [0.1, 0.15) is 18.1 Å². The van der Waals surface area contributed by atoms with Crippen molar-refractivity contribution in [2.45, 2.75) is 13.8 Å². The number of aromatic nitrogens is 1. The Labute approximate surface area is 151 Å². The molecular formula is C21H20N2O3. The van der Waals surface area contributed by atoms with Crippen molar-refractivity contribution in [3.8, 4) is 5.75 Å². The lowest BCUT2D eigenvalue weighted by Crippen LogP contribution is -2.31. The number of ether oxygens (including phenoxy) is 2. The van der Waals surface area contributed by atoms with Crippen LogP contribution in [0.15, 0.2) is 48.2 Å². The summed E-state index contributed by atoms with van der Waals surface area (Å²) < 4.78 is 11.3. The number of pyridine rings is 1. The Kier molecular flexibility index (Phi) is 4.21. The third-order valence-electron chi connectivity index (χ3n) is 4.60. The molecule has 2 heterocycles. The number of hydrogen-bond donors (Lipinski definition) is 0. The monoisotopic (exact) mass is 348 g/mol. The summed E-state index contributed by atoms with van der Waals surface area (Å²) >= 11 is 0. The maximum absolute atomic E-state index is 12.2. The molecule has 3 aromatic rings. The Balaban J connectivity index is 1.77. The zero-order chi connectivity index (χ0) is 18.1. The summed E-state index contributed by atoms with van der Waals surface area (Å²) in [7, 11) is 0. The van der Waals surface area contributed by atoms with Crippen molar-refractivity contribution >= 4 is 34.0 Å². The van der Waals surface area contributed by atoms with Gasteiger partial charge in [0.2, 0.25) is 0 Å². The molecule has 5 nitrogen and oxygen atoms in total. The molecule has 0 aliphatic carbocycles. The van der Waals surface area contributed by atoms with Gasteiger partial charge in [-0.2, -0.15) is 0 Å². The number of nitrogens with zero attached hydrogens (tertiary/aromatic N) is 2. The van der Waals surface area contributed by atoms with E-state index in [1.807, 2.05) is 56.3 Å². The van der Waals surface area contributed by atoms with Crippen LogP contribution in [0, 0.1) is 0 Å². The largest absolute Gasteiger partial charge is 0.485 e. The van der Waals surface area contributed by atoms with Crippen molar-refractivity contribution in [3.05, 3.63) is 53.8 Å². The van der Waals surface area contributed by atoms with E-state index in [1.54, 1.807) is 4.90 Å². The van der Waals surface area contributed by atoms with Crippen LogP contribution in [0.5, 0.6) is 5.75 Å². The minimum Gasteiger partial charge on any atom is -0.485 e. The van der Waals surface area contributed by atoms with Gasteiger partial charge < -0.3 is 14.4 Å². The van der Waals surface area contributed by atoms with Gasteiger partial charge in [0.05, 0.1) is 11.0 Å². The lowest BCUT2D eigenvalue weighted by Gasteiger charge is -2.22. The minimum absolute atomic E-state index is 0.235. The third kappa shape index (κ3) is 2.86. The summed E-state index contributed by atoms with van der Waals surface area (Å²) in [5.41, 5.74) is 2.62. The zero-order valence-corrected chi connectivity index (χ0v) is 14.9. The first-order valence-electron chi connectivity index (χ1n) is 8.82. The van der Waals surface area contributed by atoms with E-state index < -0.39 is 0 Å². The van der Waals surface area contributed by atoms with Gasteiger partial charge in [-0.1, -0.05) is 18.2 Å². The molecule has 0 atom stereocenters. The number of carbonyl (C=O) groups is 1. The molecule has 1 aromatic heterocycles. The minimum atomic E-state index is -0.355. The highest BCUT2D eigenvalue weighted by atomic mass is 16.6. The van der Waals surface area contributed by atoms with Crippen LogP contribution in [0.1, 0.15) is 19.4 Å². The number of fused-ring (bicyclic) bond motifs is 4. The Morgan fingerprint density at radius 2 is 1.96 bits per heavy atom. The summed E-state index contributed by atoms with van der Waals surface area (Å²) in [5.74, 6) is 1.25. The topological polar surface area (TPSA) is 51.7 Å². The molecule has 132 valence electrons. The molecule has 1 amide bonds. The zero-order valence-electron chi connectivity index (χ0n) is 14.9. The summed E-state index contributed by atoms with van der Waals surface area (Å²) in [6.45, 7) is 5.30. The van der Waals surface area contributed by atoms with E-state index in [2.05, 4.69) is 6.07 Å². The van der Waals surface area contributed by atoms with Gasteiger partial charge in [0.15, 0.2) is 0 Å². The molecule has 0 spiro atoms. The fraction of sp³-hybridized carbons (Fsp3) is 0.238. The normalized spacial score (nSPS) is 13.1.